The van der Waals surface area contributed by atoms with Crippen molar-refractivity contribution >= 4 is 12.1 Å². The average molecular weight is 270 g/mol. The first-order chi connectivity index (χ1) is 9.69. The van der Waals surface area contributed by atoms with Crippen LogP contribution < -0.4 is 5.43 Å². The summed E-state index contributed by atoms with van der Waals surface area (Å²) in [5.41, 5.74) is 4.74. The van der Waals surface area contributed by atoms with Crippen molar-refractivity contribution in [3.05, 3.63) is 71.0 Å². The van der Waals surface area contributed by atoms with Crippen LogP contribution in [0.3, 0.4) is 0 Å². The number of nitrogens with zero attached hydrogens (tertiary/aromatic N) is 1. The van der Waals surface area contributed by atoms with Crippen molar-refractivity contribution in [1.82, 2.24) is 5.43 Å². The molecule has 0 aliphatic heterocycles. The molecule has 0 fully saturated rings. The third kappa shape index (κ3) is 3.75. The Morgan fingerprint density at radius 3 is 2.65 bits per heavy atom. The molecule has 20 heavy (non-hydrogen) atoms. The van der Waals surface area contributed by atoms with Gasteiger partial charge in [-0.05, 0) is 35.7 Å². The number of hydrazone groups is 1. The Kier molecular flexibility index (Phi) is 4.60. The van der Waals surface area contributed by atoms with Crippen molar-refractivity contribution in [2.24, 2.45) is 5.10 Å². The summed E-state index contributed by atoms with van der Waals surface area (Å²) in [5.74, 6) is -0.886. The highest BCUT2D eigenvalue weighted by molar-refractivity contribution is 5.94. The molecular weight excluding hydrogens is 255 g/mol. The Labute approximate surface area is 117 Å². The lowest BCUT2D eigenvalue weighted by atomic mass is 10.1. The summed E-state index contributed by atoms with van der Waals surface area (Å²) in [7, 11) is 0. The highest BCUT2D eigenvalue weighted by atomic mass is 19.1. The van der Waals surface area contributed by atoms with Crippen molar-refractivity contribution in [3.63, 3.8) is 0 Å². The van der Waals surface area contributed by atoms with Crippen LogP contribution in [0.1, 0.15) is 28.4 Å². The molecule has 0 unspecified atom stereocenters. The number of aryl methyl sites for hydroxylation is 1. The van der Waals surface area contributed by atoms with E-state index in [4.69, 9.17) is 0 Å². The number of carbonyl (C=O) groups is 1. The van der Waals surface area contributed by atoms with Crippen LogP contribution in [0.25, 0.3) is 0 Å². The van der Waals surface area contributed by atoms with Gasteiger partial charge in [0.25, 0.3) is 5.91 Å². The molecule has 0 saturated carbocycles. The Balaban J connectivity index is 1.97. The Morgan fingerprint density at radius 1 is 1.25 bits per heavy atom. The minimum absolute atomic E-state index is 0.239. The number of rotatable bonds is 4. The second kappa shape index (κ2) is 6.61. The second-order valence-corrected chi connectivity index (χ2v) is 4.30. The van der Waals surface area contributed by atoms with Crippen LogP contribution in [0.2, 0.25) is 0 Å². The summed E-state index contributed by atoms with van der Waals surface area (Å²) in [6.07, 6.45) is 2.53. The predicted octanol–water partition coefficient (Wildman–Crippen LogP) is 3.15. The van der Waals surface area contributed by atoms with Gasteiger partial charge in [0, 0.05) is 5.56 Å². The molecule has 102 valence electrons. The zero-order valence-electron chi connectivity index (χ0n) is 11.1. The topological polar surface area (TPSA) is 41.5 Å². The van der Waals surface area contributed by atoms with Gasteiger partial charge in [0.05, 0.1) is 6.21 Å². The van der Waals surface area contributed by atoms with Crippen molar-refractivity contribution in [3.8, 4) is 0 Å². The van der Waals surface area contributed by atoms with E-state index >= 15 is 0 Å². The van der Waals surface area contributed by atoms with E-state index in [9.17, 15) is 9.18 Å². The van der Waals surface area contributed by atoms with Gasteiger partial charge in [-0.15, -0.1) is 0 Å². The lowest BCUT2D eigenvalue weighted by molar-refractivity contribution is 0.0954. The molecule has 0 saturated heterocycles. The molecule has 0 bridgehead atoms. The van der Waals surface area contributed by atoms with Gasteiger partial charge in [-0.1, -0.05) is 37.3 Å². The smallest absolute Gasteiger partial charge is 0.267 e. The average Bonchev–Trinajstić information content (AvgIpc) is 2.48. The number of benzene rings is 2. The van der Waals surface area contributed by atoms with Crippen molar-refractivity contribution in [2.75, 3.05) is 0 Å². The van der Waals surface area contributed by atoms with Gasteiger partial charge in [-0.2, -0.15) is 5.10 Å². The molecule has 0 aliphatic rings. The molecule has 0 spiro atoms. The minimum Gasteiger partial charge on any atom is -0.267 e. The van der Waals surface area contributed by atoms with E-state index in [1.165, 1.54) is 29.8 Å². The molecule has 0 heterocycles. The number of halogens is 1. The quantitative estimate of drug-likeness (QED) is 0.673. The lowest BCUT2D eigenvalue weighted by Gasteiger charge is -2.00. The third-order valence-corrected chi connectivity index (χ3v) is 2.85. The molecule has 3 nitrogen and oxygen atoms in total. The van der Waals surface area contributed by atoms with Gasteiger partial charge in [-0.3, -0.25) is 4.79 Å². The monoisotopic (exact) mass is 270 g/mol. The summed E-state index contributed by atoms with van der Waals surface area (Å²) in [5, 5.41) is 3.86. The molecule has 1 N–H and O–H groups in total. The molecule has 0 atom stereocenters. The van der Waals surface area contributed by atoms with Crippen LogP contribution in [-0.4, -0.2) is 12.1 Å². The van der Waals surface area contributed by atoms with Gasteiger partial charge < -0.3 is 0 Å². The molecule has 0 aliphatic carbocycles. The maximum absolute atomic E-state index is 13.0. The maximum Gasteiger partial charge on any atom is 0.271 e. The number of hydrogen-bond donors (Lipinski definition) is 1. The molecule has 2 rings (SSSR count). The van der Waals surface area contributed by atoms with Crippen LogP contribution in [0, 0.1) is 5.82 Å². The van der Waals surface area contributed by atoms with Crippen LogP contribution in [0.4, 0.5) is 4.39 Å². The maximum atomic E-state index is 13.0. The lowest BCUT2D eigenvalue weighted by Crippen LogP contribution is -2.17. The Morgan fingerprint density at radius 2 is 2.00 bits per heavy atom. The summed E-state index contributed by atoms with van der Waals surface area (Å²) in [4.78, 5) is 11.7. The molecule has 1 amide bonds. The molecule has 0 aromatic heterocycles. The fourth-order valence-electron chi connectivity index (χ4n) is 1.70. The number of hydrogen-bond acceptors (Lipinski definition) is 2. The molecule has 2 aromatic carbocycles. The van der Waals surface area contributed by atoms with E-state index in [2.05, 4.69) is 17.5 Å². The first kappa shape index (κ1) is 13.9. The fraction of sp³-hybridized carbons (Fsp3) is 0.125. The van der Waals surface area contributed by atoms with Gasteiger partial charge in [-0.25, -0.2) is 9.82 Å². The summed E-state index contributed by atoms with van der Waals surface area (Å²) in [6.45, 7) is 2.09. The Bertz CT molecular complexity index is 621. The summed E-state index contributed by atoms with van der Waals surface area (Å²) in [6, 6.07) is 13.3. The largest absolute Gasteiger partial charge is 0.271 e. The normalized spacial score (nSPS) is 10.7. The SMILES string of the molecule is CCc1ccc(/C=N/NC(=O)c2cccc(F)c2)cc1. The van der Waals surface area contributed by atoms with E-state index in [0.717, 1.165) is 12.0 Å². The predicted molar refractivity (Wildman–Crippen MR) is 77.3 cm³/mol. The van der Waals surface area contributed by atoms with E-state index in [1.54, 1.807) is 6.21 Å². The first-order valence-electron chi connectivity index (χ1n) is 6.37. The van der Waals surface area contributed by atoms with E-state index < -0.39 is 11.7 Å². The van der Waals surface area contributed by atoms with Crippen molar-refractivity contribution in [1.29, 1.82) is 0 Å². The zero-order chi connectivity index (χ0) is 14.4. The fourth-order valence-corrected chi connectivity index (χ4v) is 1.70. The minimum atomic E-state index is -0.447. The zero-order valence-corrected chi connectivity index (χ0v) is 11.1. The highest BCUT2D eigenvalue weighted by Gasteiger charge is 2.04. The van der Waals surface area contributed by atoms with E-state index in [1.807, 2.05) is 24.3 Å². The standard InChI is InChI=1S/C16H15FN2O/c1-2-12-6-8-13(9-7-12)11-18-19-16(20)14-4-3-5-15(17)10-14/h3-11H,2H2,1H3,(H,19,20)/b18-11+. The van der Waals surface area contributed by atoms with Crippen LogP contribution in [0.5, 0.6) is 0 Å². The van der Waals surface area contributed by atoms with E-state index in [-0.39, 0.29) is 5.56 Å². The number of nitrogens with one attached hydrogen (secondary N) is 1. The third-order valence-electron chi connectivity index (χ3n) is 2.85. The van der Waals surface area contributed by atoms with Crippen molar-refractivity contribution in [2.45, 2.75) is 13.3 Å². The number of carbonyl (C=O) groups excluding carboxylic acids is 1. The second-order valence-electron chi connectivity index (χ2n) is 4.30. The van der Waals surface area contributed by atoms with Gasteiger partial charge >= 0.3 is 0 Å². The van der Waals surface area contributed by atoms with Crippen molar-refractivity contribution < 1.29 is 9.18 Å². The number of amides is 1. The van der Waals surface area contributed by atoms with Gasteiger partial charge in [0.15, 0.2) is 0 Å². The highest BCUT2D eigenvalue weighted by Crippen LogP contribution is 2.04. The molecular formula is C16H15FN2O. The first-order valence-corrected chi connectivity index (χ1v) is 6.37. The Hall–Kier alpha value is -2.49. The molecule has 0 radical (unpaired) electrons. The van der Waals surface area contributed by atoms with E-state index in [0.29, 0.717) is 0 Å². The van der Waals surface area contributed by atoms with Crippen LogP contribution >= 0.6 is 0 Å². The molecule has 2 aromatic rings. The van der Waals surface area contributed by atoms with Gasteiger partial charge in [0.2, 0.25) is 0 Å². The van der Waals surface area contributed by atoms with Gasteiger partial charge in [0.1, 0.15) is 5.82 Å². The van der Waals surface area contributed by atoms with Crippen LogP contribution in [-0.2, 0) is 6.42 Å². The molecule has 4 heteroatoms. The summed E-state index contributed by atoms with van der Waals surface area (Å²) >= 11 is 0. The summed E-state index contributed by atoms with van der Waals surface area (Å²) < 4.78 is 13.0. The van der Waals surface area contributed by atoms with Crippen LogP contribution in [0.15, 0.2) is 53.6 Å².